The summed E-state index contributed by atoms with van der Waals surface area (Å²) in [7, 11) is 0. The Morgan fingerprint density at radius 3 is 2.65 bits per heavy atom. The number of hydrogen-bond acceptors (Lipinski definition) is 2. The predicted octanol–water partition coefficient (Wildman–Crippen LogP) is 2.30. The molecule has 0 radical (unpaired) electrons. The van der Waals surface area contributed by atoms with Crippen LogP contribution in [0.15, 0.2) is 24.5 Å². The minimum Gasteiger partial charge on any atom is -0.321 e. The SMILES string of the molecule is NC1(c2ccn3c(C(F)(F)F)ncc3c2)CC1. The molecule has 2 heterocycles. The van der Waals surface area contributed by atoms with Crippen molar-refractivity contribution in [3.8, 4) is 0 Å². The number of fused-ring (bicyclic) bond motifs is 1. The fourth-order valence-corrected chi connectivity index (χ4v) is 1.94. The minimum absolute atomic E-state index is 0.343. The number of alkyl halides is 3. The predicted molar refractivity (Wildman–Crippen MR) is 55.3 cm³/mol. The summed E-state index contributed by atoms with van der Waals surface area (Å²) in [5.74, 6) is -0.902. The number of rotatable bonds is 1. The number of pyridine rings is 1. The van der Waals surface area contributed by atoms with Crippen LogP contribution in [-0.2, 0) is 11.7 Å². The van der Waals surface area contributed by atoms with E-state index < -0.39 is 12.0 Å². The monoisotopic (exact) mass is 241 g/mol. The zero-order chi connectivity index (χ0) is 12.3. The van der Waals surface area contributed by atoms with Gasteiger partial charge in [-0.2, -0.15) is 13.2 Å². The molecular formula is C11H10F3N3. The van der Waals surface area contributed by atoms with E-state index in [1.807, 2.05) is 0 Å². The van der Waals surface area contributed by atoms with Gasteiger partial charge in [0.15, 0.2) is 0 Å². The van der Waals surface area contributed by atoms with Crippen LogP contribution >= 0.6 is 0 Å². The Kier molecular flexibility index (Phi) is 1.87. The van der Waals surface area contributed by atoms with Crippen molar-refractivity contribution in [2.75, 3.05) is 0 Å². The van der Waals surface area contributed by atoms with Gasteiger partial charge in [-0.05, 0) is 30.5 Å². The lowest BCUT2D eigenvalue weighted by atomic mass is 10.1. The van der Waals surface area contributed by atoms with Gasteiger partial charge in [0, 0.05) is 11.7 Å². The highest BCUT2D eigenvalue weighted by molar-refractivity contribution is 5.51. The van der Waals surface area contributed by atoms with Gasteiger partial charge in [-0.1, -0.05) is 0 Å². The molecule has 1 aliphatic carbocycles. The average molecular weight is 241 g/mol. The zero-order valence-electron chi connectivity index (χ0n) is 8.83. The third-order valence-corrected chi connectivity index (χ3v) is 3.15. The smallest absolute Gasteiger partial charge is 0.321 e. The van der Waals surface area contributed by atoms with Gasteiger partial charge in [-0.15, -0.1) is 0 Å². The van der Waals surface area contributed by atoms with E-state index in [-0.39, 0.29) is 5.54 Å². The third-order valence-electron chi connectivity index (χ3n) is 3.15. The van der Waals surface area contributed by atoms with Crippen molar-refractivity contribution in [3.63, 3.8) is 0 Å². The molecule has 0 amide bonds. The Morgan fingerprint density at radius 2 is 2.06 bits per heavy atom. The van der Waals surface area contributed by atoms with E-state index in [4.69, 9.17) is 5.73 Å². The molecule has 0 saturated heterocycles. The molecule has 2 aromatic rings. The van der Waals surface area contributed by atoms with Crippen LogP contribution in [0.5, 0.6) is 0 Å². The second-order valence-electron chi connectivity index (χ2n) is 4.45. The highest BCUT2D eigenvalue weighted by Crippen LogP contribution is 2.43. The van der Waals surface area contributed by atoms with E-state index in [9.17, 15) is 13.2 Å². The maximum Gasteiger partial charge on any atom is 0.450 e. The van der Waals surface area contributed by atoms with E-state index in [0.717, 1.165) is 22.8 Å². The summed E-state index contributed by atoms with van der Waals surface area (Å²) < 4.78 is 38.8. The quantitative estimate of drug-likeness (QED) is 0.832. The van der Waals surface area contributed by atoms with Gasteiger partial charge in [-0.3, -0.25) is 4.40 Å². The molecule has 1 aliphatic rings. The standard InChI is InChI=1S/C11H10F3N3/c12-11(13,14)9-16-6-8-5-7(1-4-17(8)9)10(15)2-3-10/h1,4-6H,2-3,15H2. The second kappa shape index (κ2) is 3.01. The van der Waals surface area contributed by atoms with Crippen molar-refractivity contribution in [2.45, 2.75) is 24.6 Å². The Bertz CT molecular complexity index is 581. The molecule has 0 spiro atoms. The summed E-state index contributed by atoms with van der Waals surface area (Å²) in [6.45, 7) is 0. The fourth-order valence-electron chi connectivity index (χ4n) is 1.94. The van der Waals surface area contributed by atoms with Gasteiger partial charge in [-0.25, -0.2) is 4.98 Å². The van der Waals surface area contributed by atoms with Crippen LogP contribution in [-0.4, -0.2) is 9.38 Å². The summed E-state index contributed by atoms with van der Waals surface area (Å²) in [6, 6.07) is 3.31. The Hall–Kier alpha value is -1.56. The molecule has 1 saturated carbocycles. The maximum atomic E-state index is 12.6. The average Bonchev–Trinajstić information content (AvgIpc) is 2.85. The van der Waals surface area contributed by atoms with Gasteiger partial charge in [0.25, 0.3) is 0 Å². The molecule has 0 aliphatic heterocycles. The Balaban J connectivity index is 2.14. The topological polar surface area (TPSA) is 43.3 Å². The van der Waals surface area contributed by atoms with Crippen LogP contribution in [0.3, 0.4) is 0 Å². The zero-order valence-corrected chi connectivity index (χ0v) is 8.83. The Morgan fingerprint density at radius 1 is 1.35 bits per heavy atom. The largest absolute Gasteiger partial charge is 0.450 e. The third kappa shape index (κ3) is 1.59. The molecule has 1 fully saturated rings. The van der Waals surface area contributed by atoms with Crippen molar-refractivity contribution in [2.24, 2.45) is 5.73 Å². The molecule has 3 rings (SSSR count). The summed E-state index contributed by atoms with van der Waals surface area (Å²) in [6.07, 6.45) is -0.0771. The van der Waals surface area contributed by atoms with Crippen molar-refractivity contribution in [1.29, 1.82) is 0 Å². The van der Waals surface area contributed by atoms with Crippen molar-refractivity contribution in [1.82, 2.24) is 9.38 Å². The van der Waals surface area contributed by atoms with Gasteiger partial charge in [0.05, 0.1) is 11.7 Å². The number of imidazole rings is 1. The maximum absolute atomic E-state index is 12.6. The molecule has 0 bridgehead atoms. The summed E-state index contributed by atoms with van der Waals surface area (Å²) >= 11 is 0. The van der Waals surface area contributed by atoms with Gasteiger partial charge in [0.2, 0.25) is 5.82 Å². The second-order valence-corrected chi connectivity index (χ2v) is 4.45. The highest BCUT2D eigenvalue weighted by atomic mass is 19.4. The van der Waals surface area contributed by atoms with E-state index in [1.165, 1.54) is 12.4 Å². The van der Waals surface area contributed by atoms with E-state index in [2.05, 4.69) is 4.98 Å². The van der Waals surface area contributed by atoms with Crippen LogP contribution in [0.2, 0.25) is 0 Å². The lowest BCUT2D eigenvalue weighted by molar-refractivity contribution is -0.145. The molecule has 17 heavy (non-hydrogen) atoms. The first kappa shape index (κ1) is 10.6. The molecular weight excluding hydrogens is 231 g/mol. The van der Waals surface area contributed by atoms with Crippen LogP contribution in [0.25, 0.3) is 5.52 Å². The van der Waals surface area contributed by atoms with Crippen molar-refractivity contribution >= 4 is 5.52 Å². The molecule has 90 valence electrons. The van der Waals surface area contributed by atoms with Crippen molar-refractivity contribution in [3.05, 3.63) is 35.9 Å². The molecule has 6 heteroatoms. The molecule has 2 N–H and O–H groups in total. The number of nitrogens with zero attached hydrogens (tertiary/aromatic N) is 2. The van der Waals surface area contributed by atoms with E-state index >= 15 is 0 Å². The molecule has 2 aromatic heterocycles. The molecule has 0 atom stereocenters. The van der Waals surface area contributed by atoms with Gasteiger partial charge in [0.1, 0.15) is 0 Å². The van der Waals surface area contributed by atoms with Crippen LogP contribution < -0.4 is 5.73 Å². The number of aromatic nitrogens is 2. The van der Waals surface area contributed by atoms with Crippen molar-refractivity contribution < 1.29 is 13.2 Å². The summed E-state index contributed by atoms with van der Waals surface area (Å²) in [5.41, 5.74) is 6.95. The van der Waals surface area contributed by atoms with E-state index in [1.54, 1.807) is 12.1 Å². The van der Waals surface area contributed by atoms with Crippen LogP contribution in [0, 0.1) is 0 Å². The lowest BCUT2D eigenvalue weighted by Gasteiger charge is -2.10. The number of hydrogen-bond donors (Lipinski definition) is 1. The highest BCUT2D eigenvalue weighted by Gasteiger charge is 2.41. The first-order chi connectivity index (χ1) is 7.90. The summed E-state index contributed by atoms with van der Waals surface area (Å²) in [4.78, 5) is 3.41. The van der Waals surface area contributed by atoms with Gasteiger partial charge >= 0.3 is 6.18 Å². The summed E-state index contributed by atoms with van der Waals surface area (Å²) in [5, 5.41) is 0. The normalized spacial score (nSPS) is 18.6. The van der Waals surface area contributed by atoms with Crippen LogP contribution in [0.1, 0.15) is 24.2 Å². The van der Waals surface area contributed by atoms with E-state index in [0.29, 0.717) is 5.52 Å². The number of halogens is 3. The first-order valence-electron chi connectivity index (χ1n) is 5.24. The molecule has 3 nitrogen and oxygen atoms in total. The minimum atomic E-state index is -4.44. The van der Waals surface area contributed by atoms with Gasteiger partial charge < -0.3 is 5.73 Å². The number of nitrogens with two attached hydrogens (primary N) is 1. The lowest BCUT2D eigenvalue weighted by Crippen LogP contribution is -2.19. The molecule has 0 unspecified atom stereocenters. The van der Waals surface area contributed by atoms with Crippen LogP contribution in [0.4, 0.5) is 13.2 Å². The first-order valence-corrected chi connectivity index (χ1v) is 5.24. The fraction of sp³-hybridized carbons (Fsp3) is 0.364. The molecule has 0 aromatic carbocycles. The Labute approximate surface area is 95.1 Å².